The average Bonchev–Trinajstić information content (AvgIpc) is 3.41. The fourth-order valence-corrected chi connectivity index (χ4v) is 2.57. The molecule has 0 spiro atoms. The maximum atomic E-state index is 13.7. The van der Waals surface area contributed by atoms with E-state index in [1.165, 1.54) is 0 Å². The average molecular weight is 360 g/mol. The van der Waals surface area contributed by atoms with E-state index >= 15 is 0 Å². The van der Waals surface area contributed by atoms with E-state index in [1.807, 2.05) is 6.92 Å². The van der Waals surface area contributed by atoms with Crippen molar-refractivity contribution in [3.05, 3.63) is 54.1 Å². The number of benzene rings is 2. The lowest BCUT2D eigenvalue weighted by Crippen LogP contribution is -2.35. The number of anilines is 2. The van der Waals surface area contributed by atoms with Crippen LogP contribution < -0.4 is 15.4 Å². The molecule has 0 aromatic heterocycles. The number of ether oxygens (including phenoxy) is 1. The van der Waals surface area contributed by atoms with Crippen LogP contribution in [0.3, 0.4) is 0 Å². The second-order valence-corrected chi connectivity index (χ2v) is 6.07. The molecule has 1 fully saturated rings. The summed E-state index contributed by atoms with van der Waals surface area (Å²) in [6.07, 6.45) is 0.731. The van der Waals surface area contributed by atoms with Crippen LogP contribution in [0.1, 0.15) is 19.8 Å². The number of carbonyl (C=O) groups is 2. The number of halogens is 2. The Morgan fingerprint density at radius 1 is 1.04 bits per heavy atom. The van der Waals surface area contributed by atoms with Gasteiger partial charge in [-0.1, -0.05) is 0 Å². The van der Waals surface area contributed by atoms with Crippen molar-refractivity contribution in [1.82, 2.24) is 0 Å². The van der Waals surface area contributed by atoms with Gasteiger partial charge in [-0.25, -0.2) is 8.78 Å². The van der Waals surface area contributed by atoms with Crippen LogP contribution in [-0.2, 0) is 9.59 Å². The highest BCUT2D eigenvalue weighted by molar-refractivity contribution is 6.16. The largest absolute Gasteiger partial charge is 0.494 e. The topological polar surface area (TPSA) is 67.4 Å². The van der Waals surface area contributed by atoms with Crippen LogP contribution in [0.5, 0.6) is 5.75 Å². The summed E-state index contributed by atoms with van der Waals surface area (Å²) in [4.78, 5) is 25.0. The fourth-order valence-electron chi connectivity index (χ4n) is 2.57. The van der Waals surface area contributed by atoms with Crippen molar-refractivity contribution in [2.45, 2.75) is 19.8 Å². The van der Waals surface area contributed by atoms with Gasteiger partial charge in [-0.3, -0.25) is 9.59 Å². The monoisotopic (exact) mass is 360 g/mol. The molecular weight excluding hydrogens is 342 g/mol. The van der Waals surface area contributed by atoms with E-state index < -0.39 is 28.9 Å². The summed E-state index contributed by atoms with van der Waals surface area (Å²) in [5.74, 6) is -2.01. The number of nitrogens with one attached hydrogen (secondary N) is 2. The summed E-state index contributed by atoms with van der Waals surface area (Å²) in [5, 5.41) is 5.07. The van der Waals surface area contributed by atoms with E-state index in [4.69, 9.17) is 4.74 Å². The van der Waals surface area contributed by atoms with Crippen LogP contribution in [0.2, 0.25) is 0 Å². The lowest BCUT2D eigenvalue weighted by molar-refractivity contribution is -0.131. The normalized spacial score (nSPS) is 14.4. The third kappa shape index (κ3) is 3.66. The van der Waals surface area contributed by atoms with Crippen LogP contribution in [-0.4, -0.2) is 18.4 Å². The molecule has 0 heterocycles. The summed E-state index contributed by atoms with van der Waals surface area (Å²) in [6.45, 7) is 2.41. The molecule has 5 nitrogen and oxygen atoms in total. The van der Waals surface area contributed by atoms with Gasteiger partial charge in [0.15, 0.2) is 0 Å². The van der Waals surface area contributed by atoms with Gasteiger partial charge in [0, 0.05) is 11.8 Å². The molecule has 7 heteroatoms. The Balaban J connectivity index is 1.67. The van der Waals surface area contributed by atoms with Crippen molar-refractivity contribution < 1.29 is 23.1 Å². The highest BCUT2D eigenvalue weighted by Crippen LogP contribution is 2.47. The van der Waals surface area contributed by atoms with Crippen LogP contribution in [0, 0.1) is 17.0 Å². The number of rotatable bonds is 6. The quantitative estimate of drug-likeness (QED) is 0.772. The summed E-state index contributed by atoms with van der Waals surface area (Å²) < 4.78 is 32.0. The van der Waals surface area contributed by atoms with Crippen molar-refractivity contribution in [2.24, 2.45) is 5.41 Å². The lowest BCUT2D eigenvalue weighted by atomic mass is 10.0. The first-order chi connectivity index (χ1) is 12.4. The first-order valence-corrected chi connectivity index (χ1v) is 8.25. The predicted octanol–water partition coefficient (Wildman–Crippen LogP) is 3.72. The molecule has 2 aromatic carbocycles. The molecule has 0 aliphatic heterocycles. The minimum Gasteiger partial charge on any atom is -0.494 e. The highest BCUT2D eigenvalue weighted by atomic mass is 19.1. The molecule has 2 aromatic rings. The van der Waals surface area contributed by atoms with Gasteiger partial charge in [-0.2, -0.15) is 0 Å². The van der Waals surface area contributed by atoms with Gasteiger partial charge in [-0.15, -0.1) is 0 Å². The number of hydrogen-bond acceptors (Lipinski definition) is 3. The summed E-state index contributed by atoms with van der Waals surface area (Å²) in [7, 11) is 0. The molecule has 1 aliphatic carbocycles. The molecule has 0 saturated heterocycles. The van der Waals surface area contributed by atoms with Gasteiger partial charge in [-0.05, 0) is 56.2 Å². The molecule has 1 aliphatic rings. The Kier molecular flexibility index (Phi) is 4.88. The molecule has 1 saturated carbocycles. The summed E-state index contributed by atoms with van der Waals surface area (Å²) in [5.41, 5.74) is -0.860. The van der Waals surface area contributed by atoms with Crippen molar-refractivity contribution >= 4 is 23.2 Å². The molecule has 2 N–H and O–H groups in total. The van der Waals surface area contributed by atoms with Gasteiger partial charge in [0.2, 0.25) is 11.8 Å². The van der Waals surface area contributed by atoms with Crippen molar-refractivity contribution in [1.29, 1.82) is 0 Å². The van der Waals surface area contributed by atoms with Crippen LogP contribution in [0.25, 0.3) is 0 Å². The van der Waals surface area contributed by atoms with Gasteiger partial charge < -0.3 is 15.4 Å². The van der Waals surface area contributed by atoms with E-state index in [0.29, 0.717) is 37.0 Å². The zero-order chi connectivity index (χ0) is 18.7. The predicted molar refractivity (Wildman–Crippen MR) is 92.9 cm³/mol. The van der Waals surface area contributed by atoms with E-state index in [1.54, 1.807) is 24.3 Å². The maximum Gasteiger partial charge on any atom is 0.240 e. The molecular formula is C19H18F2N2O3. The Morgan fingerprint density at radius 3 is 2.27 bits per heavy atom. The van der Waals surface area contributed by atoms with E-state index in [2.05, 4.69) is 10.6 Å². The Hall–Kier alpha value is -2.96. The van der Waals surface area contributed by atoms with Crippen molar-refractivity contribution in [3.63, 3.8) is 0 Å². The van der Waals surface area contributed by atoms with Crippen molar-refractivity contribution in [3.8, 4) is 5.75 Å². The van der Waals surface area contributed by atoms with Gasteiger partial charge in [0.25, 0.3) is 0 Å². The fraction of sp³-hybridized carbons (Fsp3) is 0.263. The number of hydrogen-bond donors (Lipinski definition) is 2. The molecule has 2 amide bonds. The third-order valence-electron chi connectivity index (χ3n) is 4.22. The smallest absolute Gasteiger partial charge is 0.240 e. The minimum absolute atomic E-state index is 0.156. The van der Waals surface area contributed by atoms with Gasteiger partial charge >= 0.3 is 0 Å². The Morgan fingerprint density at radius 2 is 1.69 bits per heavy atom. The van der Waals surface area contributed by atoms with Crippen LogP contribution in [0.4, 0.5) is 20.2 Å². The Labute approximate surface area is 149 Å². The molecule has 0 atom stereocenters. The van der Waals surface area contributed by atoms with Crippen LogP contribution >= 0.6 is 0 Å². The molecule has 3 rings (SSSR count). The molecule has 0 unspecified atom stereocenters. The summed E-state index contributed by atoms with van der Waals surface area (Å²) in [6, 6.07) is 9.63. The molecule has 136 valence electrons. The SMILES string of the molecule is CCOc1ccc(NC(=O)C2(C(=O)Nc3ccc(F)cc3F)CC2)cc1. The number of amides is 2. The molecule has 0 radical (unpaired) electrons. The minimum atomic E-state index is -1.24. The second kappa shape index (κ2) is 7.11. The van der Waals surface area contributed by atoms with E-state index in [0.717, 1.165) is 12.1 Å². The van der Waals surface area contributed by atoms with Gasteiger partial charge in [0.05, 0.1) is 12.3 Å². The lowest BCUT2D eigenvalue weighted by Gasteiger charge is -2.16. The third-order valence-corrected chi connectivity index (χ3v) is 4.22. The zero-order valence-corrected chi connectivity index (χ0v) is 14.1. The molecule has 26 heavy (non-hydrogen) atoms. The second-order valence-electron chi connectivity index (χ2n) is 6.07. The van der Waals surface area contributed by atoms with Gasteiger partial charge in [0.1, 0.15) is 22.8 Å². The summed E-state index contributed by atoms with van der Waals surface area (Å²) >= 11 is 0. The number of carbonyl (C=O) groups excluding carboxylic acids is 2. The van der Waals surface area contributed by atoms with E-state index in [-0.39, 0.29) is 5.69 Å². The standard InChI is InChI=1S/C19H18F2N2O3/c1-2-26-14-6-4-13(5-7-14)22-17(24)19(9-10-19)18(25)23-16-8-3-12(20)11-15(16)21/h3-8,11H,2,9-10H2,1H3,(H,22,24)(H,23,25). The maximum absolute atomic E-state index is 13.7. The zero-order valence-electron chi connectivity index (χ0n) is 14.1. The first kappa shape index (κ1) is 17.8. The van der Waals surface area contributed by atoms with E-state index in [9.17, 15) is 18.4 Å². The first-order valence-electron chi connectivity index (χ1n) is 8.25. The van der Waals surface area contributed by atoms with Crippen molar-refractivity contribution in [2.75, 3.05) is 17.2 Å². The molecule has 0 bridgehead atoms. The Bertz CT molecular complexity index is 833. The van der Waals surface area contributed by atoms with Crippen LogP contribution in [0.15, 0.2) is 42.5 Å². The highest BCUT2D eigenvalue weighted by Gasteiger charge is 2.56.